The summed E-state index contributed by atoms with van der Waals surface area (Å²) < 4.78 is 11.5. The maximum Gasteiger partial charge on any atom is 0.266 e. The zero-order valence-electron chi connectivity index (χ0n) is 20.7. The molecule has 7 heteroatoms. The molecule has 0 radical (unpaired) electrons. The van der Waals surface area contributed by atoms with Gasteiger partial charge >= 0.3 is 0 Å². The van der Waals surface area contributed by atoms with Gasteiger partial charge in [0.25, 0.3) is 5.91 Å². The second-order valence-corrected chi connectivity index (χ2v) is 9.07. The van der Waals surface area contributed by atoms with Crippen LogP contribution in [0.15, 0.2) is 72.8 Å². The number of carbonyl (C=O) groups is 2. The Bertz CT molecular complexity index is 1260. The first-order valence-corrected chi connectivity index (χ1v) is 12.3. The Kier molecular flexibility index (Phi) is 6.65. The van der Waals surface area contributed by atoms with Crippen LogP contribution in [0.2, 0.25) is 0 Å². The molecule has 2 fully saturated rings. The third-order valence-electron chi connectivity index (χ3n) is 6.77. The molecule has 2 aliphatic heterocycles. The van der Waals surface area contributed by atoms with E-state index in [9.17, 15) is 9.59 Å². The number of anilines is 2. The highest BCUT2D eigenvalue weighted by atomic mass is 16.7. The number of rotatable bonds is 8. The first-order chi connectivity index (χ1) is 17.5. The number of methoxy groups -OCH3 is 1. The molecule has 186 valence electrons. The van der Waals surface area contributed by atoms with E-state index in [1.807, 2.05) is 73.7 Å². The summed E-state index contributed by atoms with van der Waals surface area (Å²) in [6.07, 6.45) is 1.05. The molecule has 0 aromatic heterocycles. The maximum atomic E-state index is 13.8. The van der Waals surface area contributed by atoms with Gasteiger partial charge in [0, 0.05) is 0 Å². The van der Waals surface area contributed by atoms with Crippen molar-refractivity contribution in [1.29, 1.82) is 0 Å². The van der Waals surface area contributed by atoms with Gasteiger partial charge in [-0.3, -0.25) is 14.4 Å². The molecule has 7 nitrogen and oxygen atoms in total. The first kappa shape index (κ1) is 23.9. The minimum absolute atomic E-state index is 0.273. The molecular formula is C29H30N2O5. The van der Waals surface area contributed by atoms with Crippen LogP contribution in [0.3, 0.4) is 0 Å². The van der Waals surface area contributed by atoms with Crippen molar-refractivity contribution in [3.63, 3.8) is 0 Å². The molecule has 0 N–H and O–H groups in total. The van der Waals surface area contributed by atoms with E-state index in [4.69, 9.17) is 14.3 Å². The molecule has 3 unspecified atom stereocenters. The number of carbonyl (C=O) groups excluding carboxylic acids is 2. The average molecular weight is 487 g/mol. The number of para-hydroxylation sites is 2. The fraction of sp³-hybridized carbons (Fsp3) is 0.310. The summed E-state index contributed by atoms with van der Waals surface area (Å²) in [5.41, 5.74) is 3.01. The highest BCUT2D eigenvalue weighted by Crippen LogP contribution is 2.49. The van der Waals surface area contributed by atoms with E-state index in [0.717, 1.165) is 29.7 Å². The summed E-state index contributed by atoms with van der Waals surface area (Å²) in [6.45, 7) is 4.59. The lowest BCUT2D eigenvalue weighted by molar-refractivity contribution is -0.126. The van der Waals surface area contributed by atoms with Gasteiger partial charge in [-0.2, -0.15) is 0 Å². The van der Waals surface area contributed by atoms with E-state index >= 15 is 0 Å². The second kappa shape index (κ2) is 10.0. The van der Waals surface area contributed by atoms with E-state index in [2.05, 4.69) is 6.92 Å². The van der Waals surface area contributed by atoms with Gasteiger partial charge in [-0.15, -0.1) is 0 Å². The molecule has 3 atom stereocenters. The largest absolute Gasteiger partial charge is 0.493 e. The molecule has 5 rings (SSSR count). The molecule has 2 saturated heterocycles. The topological polar surface area (TPSA) is 68.3 Å². The quantitative estimate of drug-likeness (QED) is 0.321. The zero-order chi connectivity index (χ0) is 25.2. The standard InChI is InChI=1S/C29H30N2O5/c1-4-5-17-35-23-16-15-20(18-24(23)34-3)26-25-27(36-31(26)21-12-7-6-8-13-21)29(33)30(28(25)32)22-14-10-9-11-19(22)2/h6-16,18,25-27H,4-5,17H2,1-3H3. The minimum atomic E-state index is -0.922. The van der Waals surface area contributed by atoms with Crippen LogP contribution in [0.4, 0.5) is 11.4 Å². The highest BCUT2D eigenvalue weighted by Gasteiger charge is 2.60. The van der Waals surface area contributed by atoms with Crippen molar-refractivity contribution in [3.05, 3.63) is 83.9 Å². The van der Waals surface area contributed by atoms with Crippen LogP contribution in [0.1, 0.15) is 36.9 Å². The lowest BCUT2D eigenvalue weighted by Gasteiger charge is -2.29. The van der Waals surface area contributed by atoms with Gasteiger partial charge in [0.15, 0.2) is 17.6 Å². The summed E-state index contributed by atoms with van der Waals surface area (Å²) in [5.74, 6) is -0.118. The molecule has 2 heterocycles. The number of imide groups is 1. The Labute approximate surface area is 211 Å². The maximum absolute atomic E-state index is 13.8. The number of nitrogens with zero attached hydrogens (tertiary/aromatic N) is 2. The molecular weight excluding hydrogens is 456 g/mol. The normalized spacial score (nSPS) is 21.1. The van der Waals surface area contributed by atoms with Gasteiger partial charge in [-0.25, -0.2) is 9.96 Å². The smallest absolute Gasteiger partial charge is 0.266 e. The number of unbranched alkanes of at least 4 members (excludes halogenated alkanes) is 1. The average Bonchev–Trinajstić information content (AvgIpc) is 3.41. The van der Waals surface area contributed by atoms with Crippen molar-refractivity contribution in [2.45, 2.75) is 38.8 Å². The summed E-state index contributed by atoms with van der Waals surface area (Å²) in [6, 6.07) is 22.1. The molecule has 2 amide bonds. The van der Waals surface area contributed by atoms with Crippen LogP contribution < -0.4 is 19.4 Å². The number of amides is 2. The van der Waals surface area contributed by atoms with Crippen LogP contribution in [0.5, 0.6) is 11.5 Å². The van der Waals surface area contributed by atoms with Gasteiger partial charge in [0.1, 0.15) is 5.92 Å². The van der Waals surface area contributed by atoms with Crippen molar-refractivity contribution < 1.29 is 23.9 Å². The Morgan fingerprint density at radius 3 is 2.39 bits per heavy atom. The lowest BCUT2D eigenvalue weighted by atomic mass is 9.90. The fourth-order valence-corrected chi connectivity index (χ4v) is 4.92. The van der Waals surface area contributed by atoms with E-state index in [1.165, 1.54) is 4.90 Å². The van der Waals surface area contributed by atoms with E-state index in [0.29, 0.717) is 23.8 Å². The zero-order valence-corrected chi connectivity index (χ0v) is 20.7. The van der Waals surface area contributed by atoms with Crippen LogP contribution in [-0.2, 0) is 14.4 Å². The van der Waals surface area contributed by atoms with E-state index in [-0.39, 0.29) is 11.8 Å². The number of ether oxygens (including phenoxy) is 2. The number of hydroxylamine groups is 1. The van der Waals surface area contributed by atoms with Crippen LogP contribution in [-0.4, -0.2) is 31.6 Å². The van der Waals surface area contributed by atoms with E-state index < -0.39 is 18.1 Å². The molecule has 2 aliphatic rings. The van der Waals surface area contributed by atoms with Gasteiger partial charge in [0.2, 0.25) is 5.91 Å². The number of benzene rings is 3. The van der Waals surface area contributed by atoms with Crippen LogP contribution in [0.25, 0.3) is 0 Å². The Morgan fingerprint density at radius 1 is 0.917 bits per heavy atom. The summed E-state index contributed by atoms with van der Waals surface area (Å²) in [7, 11) is 1.60. The van der Waals surface area contributed by atoms with Crippen molar-refractivity contribution in [1.82, 2.24) is 0 Å². The number of fused-ring (bicyclic) bond motifs is 1. The van der Waals surface area contributed by atoms with Crippen molar-refractivity contribution in [2.24, 2.45) is 5.92 Å². The Morgan fingerprint density at radius 2 is 1.67 bits per heavy atom. The molecule has 36 heavy (non-hydrogen) atoms. The molecule has 3 aromatic carbocycles. The lowest BCUT2D eigenvalue weighted by Crippen LogP contribution is -2.37. The molecule has 0 saturated carbocycles. The SMILES string of the molecule is CCCCOc1ccc(C2C3C(=O)N(c4ccccc4C)C(=O)C3ON2c2ccccc2)cc1OC. The minimum Gasteiger partial charge on any atom is -0.493 e. The van der Waals surface area contributed by atoms with Crippen molar-refractivity contribution in [2.75, 3.05) is 23.7 Å². The summed E-state index contributed by atoms with van der Waals surface area (Å²) >= 11 is 0. The molecule has 0 spiro atoms. The number of hydrogen-bond donors (Lipinski definition) is 0. The van der Waals surface area contributed by atoms with Crippen LogP contribution >= 0.6 is 0 Å². The summed E-state index contributed by atoms with van der Waals surface area (Å²) in [4.78, 5) is 34.9. The van der Waals surface area contributed by atoms with Gasteiger partial charge in [0.05, 0.1) is 31.1 Å². The molecule has 0 bridgehead atoms. The van der Waals surface area contributed by atoms with Crippen molar-refractivity contribution in [3.8, 4) is 11.5 Å². The number of hydrogen-bond acceptors (Lipinski definition) is 6. The van der Waals surface area contributed by atoms with Gasteiger partial charge in [-0.05, 0) is 54.8 Å². The molecule has 3 aromatic rings. The Hall–Kier alpha value is -3.84. The highest BCUT2D eigenvalue weighted by molar-refractivity contribution is 6.24. The monoisotopic (exact) mass is 486 g/mol. The first-order valence-electron chi connectivity index (χ1n) is 12.3. The van der Waals surface area contributed by atoms with Gasteiger partial charge < -0.3 is 9.47 Å². The third kappa shape index (κ3) is 4.09. The second-order valence-electron chi connectivity index (χ2n) is 9.07. The predicted molar refractivity (Wildman–Crippen MR) is 137 cm³/mol. The number of aryl methyl sites for hydroxylation is 1. The fourth-order valence-electron chi connectivity index (χ4n) is 4.92. The van der Waals surface area contributed by atoms with E-state index in [1.54, 1.807) is 18.2 Å². The van der Waals surface area contributed by atoms with Crippen LogP contribution in [0, 0.1) is 12.8 Å². The van der Waals surface area contributed by atoms with Crippen molar-refractivity contribution >= 4 is 23.2 Å². The summed E-state index contributed by atoms with van der Waals surface area (Å²) in [5, 5.41) is 1.69. The molecule has 0 aliphatic carbocycles. The third-order valence-corrected chi connectivity index (χ3v) is 6.77. The Balaban J connectivity index is 1.56. The predicted octanol–water partition coefficient (Wildman–Crippen LogP) is 5.23. The van der Waals surface area contributed by atoms with Gasteiger partial charge in [-0.1, -0.05) is 55.8 Å².